The number of hydrogen-bond donors (Lipinski definition) is 4. The minimum atomic E-state index is -0.857. The van der Waals surface area contributed by atoms with Crippen LogP contribution in [0.5, 0.6) is 23.0 Å². The highest BCUT2D eigenvalue weighted by Crippen LogP contribution is 2.49. The Balaban J connectivity index is 1.88. The van der Waals surface area contributed by atoms with E-state index in [2.05, 4.69) is 6.08 Å². The molecule has 3 aromatic rings. The standard InChI is InChI=1S/C29H34O6/c1-16(2)7-6-10-29(5)25(32)15-23-27-22(21(9-8-17(3)4)26(33)28(23)35-29)14-24(34-27)18-11-19(30)13-20(31)12-18/h7-8,11-14,25,30-33H,6,9-10,15H2,1-5H3/t25-,29+/m0/s1. The lowest BCUT2D eigenvalue weighted by Gasteiger charge is -2.40. The Morgan fingerprint density at radius 3 is 2.29 bits per heavy atom. The number of phenols is 3. The Kier molecular flexibility index (Phi) is 6.60. The maximum absolute atomic E-state index is 11.4. The lowest BCUT2D eigenvalue weighted by atomic mass is 9.84. The summed E-state index contributed by atoms with van der Waals surface area (Å²) in [5, 5.41) is 43.1. The number of aromatic hydroxyl groups is 3. The van der Waals surface area contributed by atoms with E-state index in [1.54, 1.807) is 6.07 Å². The molecule has 0 saturated heterocycles. The summed E-state index contributed by atoms with van der Waals surface area (Å²) in [6.45, 7) is 9.94. The van der Waals surface area contributed by atoms with Crippen molar-refractivity contribution < 1.29 is 29.6 Å². The van der Waals surface area contributed by atoms with Crippen molar-refractivity contribution in [2.45, 2.75) is 72.0 Å². The normalized spacial score (nSPS) is 19.2. The van der Waals surface area contributed by atoms with Gasteiger partial charge in [0.25, 0.3) is 0 Å². The Morgan fingerprint density at radius 2 is 1.66 bits per heavy atom. The van der Waals surface area contributed by atoms with E-state index in [1.807, 2.05) is 40.7 Å². The molecule has 35 heavy (non-hydrogen) atoms. The van der Waals surface area contributed by atoms with Crippen LogP contribution >= 0.6 is 0 Å². The largest absolute Gasteiger partial charge is 0.508 e. The minimum absolute atomic E-state index is 0.0523. The van der Waals surface area contributed by atoms with Crippen molar-refractivity contribution in [3.63, 3.8) is 0 Å². The lowest BCUT2D eigenvalue weighted by Crippen LogP contribution is -2.49. The molecule has 2 heterocycles. The zero-order valence-corrected chi connectivity index (χ0v) is 21.0. The Hall–Kier alpha value is -3.38. The van der Waals surface area contributed by atoms with Crippen LogP contribution in [-0.4, -0.2) is 32.1 Å². The topological polar surface area (TPSA) is 103 Å². The fourth-order valence-corrected chi connectivity index (χ4v) is 4.61. The van der Waals surface area contributed by atoms with Crippen LogP contribution in [0.2, 0.25) is 0 Å². The smallest absolute Gasteiger partial charge is 0.169 e. The molecule has 6 nitrogen and oxygen atoms in total. The number of fused-ring (bicyclic) bond motifs is 3. The Morgan fingerprint density at radius 1 is 1.00 bits per heavy atom. The maximum Gasteiger partial charge on any atom is 0.169 e. The van der Waals surface area contributed by atoms with E-state index in [0.717, 1.165) is 12.0 Å². The maximum atomic E-state index is 11.4. The van der Waals surface area contributed by atoms with Crippen molar-refractivity contribution >= 4 is 11.0 Å². The zero-order valence-electron chi connectivity index (χ0n) is 21.0. The molecule has 0 amide bonds. The molecular weight excluding hydrogens is 444 g/mol. The summed E-state index contributed by atoms with van der Waals surface area (Å²) in [5.74, 6) is 0.668. The van der Waals surface area contributed by atoms with Gasteiger partial charge in [0, 0.05) is 34.6 Å². The van der Waals surface area contributed by atoms with Gasteiger partial charge in [0.1, 0.15) is 28.4 Å². The van der Waals surface area contributed by atoms with Gasteiger partial charge in [-0.15, -0.1) is 0 Å². The summed E-state index contributed by atoms with van der Waals surface area (Å²) in [7, 11) is 0. The second kappa shape index (κ2) is 9.34. The molecule has 4 N–H and O–H groups in total. The van der Waals surface area contributed by atoms with Gasteiger partial charge in [-0.1, -0.05) is 23.3 Å². The fourth-order valence-electron chi connectivity index (χ4n) is 4.61. The first-order chi connectivity index (χ1) is 16.5. The molecule has 0 radical (unpaired) electrons. The van der Waals surface area contributed by atoms with Gasteiger partial charge in [-0.05, 0) is 72.1 Å². The predicted octanol–water partition coefficient (Wildman–Crippen LogP) is 6.53. The number of hydrogen-bond acceptors (Lipinski definition) is 6. The van der Waals surface area contributed by atoms with Gasteiger partial charge in [0.15, 0.2) is 11.5 Å². The second-order valence-corrected chi connectivity index (χ2v) is 10.2. The van der Waals surface area contributed by atoms with Crippen LogP contribution in [0.4, 0.5) is 0 Å². The van der Waals surface area contributed by atoms with Crippen LogP contribution in [-0.2, 0) is 12.8 Å². The molecule has 0 spiro atoms. The second-order valence-electron chi connectivity index (χ2n) is 10.2. The van der Waals surface area contributed by atoms with Gasteiger partial charge >= 0.3 is 0 Å². The molecule has 6 heteroatoms. The average molecular weight is 479 g/mol. The van der Waals surface area contributed by atoms with Crippen LogP contribution in [0.15, 0.2) is 52.0 Å². The van der Waals surface area contributed by atoms with Gasteiger partial charge in [-0.3, -0.25) is 0 Å². The van der Waals surface area contributed by atoms with Crippen molar-refractivity contribution in [2.24, 2.45) is 0 Å². The van der Waals surface area contributed by atoms with Crippen LogP contribution in [0.3, 0.4) is 0 Å². The number of benzene rings is 2. The Labute approximate surface area is 205 Å². The van der Waals surface area contributed by atoms with Crippen molar-refractivity contribution in [1.29, 1.82) is 0 Å². The lowest BCUT2D eigenvalue weighted by molar-refractivity contribution is -0.0598. The summed E-state index contributed by atoms with van der Waals surface area (Å²) in [6, 6.07) is 6.06. The molecule has 186 valence electrons. The summed E-state index contributed by atoms with van der Waals surface area (Å²) < 4.78 is 12.6. The van der Waals surface area contributed by atoms with E-state index in [-0.39, 0.29) is 23.7 Å². The van der Waals surface area contributed by atoms with Crippen molar-refractivity contribution in [2.75, 3.05) is 0 Å². The molecule has 1 aliphatic heterocycles. The SMILES string of the molecule is CC(C)=CCC[C@@]1(C)Oc2c(O)c(CC=C(C)C)c3cc(-c4cc(O)cc(O)c4)oc3c2C[C@@H]1O. The van der Waals surface area contributed by atoms with Crippen LogP contribution in [0, 0.1) is 0 Å². The average Bonchev–Trinajstić information content (AvgIpc) is 3.19. The number of ether oxygens (including phenoxy) is 1. The molecule has 2 atom stereocenters. The van der Waals surface area contributed by atoms with E-state index in [9.17, 15) is 20.4 Å². The molecule has 2 aromatic carbocycles. The third-order valence-corrected chi connectivity index (χ3v) is 6.64. The van der Waals surface area contributed by atoms with Crippen molar-refractivity contribution in [3.8, 4) is 34.3 Å². The molecule has 0 aliphatic carbocycles. The molecular formula is C29H34O6. The Bertz CT molecular complexity index is 1300. The van der Waals surface area contributed by atoms with Crippen LogP contribution in [0.1, 0.15) is 58.6 Å². The number of rotatable bonds is 6. The van der Waals surface area contributed by atoms with E-state index in [0.29, 0.717) is 52.0 Å². The number of aliphatic hydroxyl groups excluding tert-OH is 1. The van der Waals surface area contributed by atoms with Crippen LogP contribution < -0.4 is 4.74 Å². The fraction of sp³-hybridized carbons (Fsp3) is 0.379. The van der Waals surface area contributed by atoms with Crippen molar-refractivity contribution in [3.05, 3.63) is 58.7 Å². The van der Waals surface area contributed by atoms with E-state index in [1.165, 1.54) is 23.8 Å². The molecule has 0 fully saturated rings. The summed E-state index contributed by atoms with van der Waals surface area (Å²) >= 11 is 0. The minimum Gasteiger partial charge on any atom is -0.508 e. The highest BCUT2D eigenvalue weighted by atomic mass is 16.5. The van der Waals surface area contributed by atoms with E-state index in [4.69, 9.17) is 9.15 Å². The highest BCUT2D eigenvalue weighted by Gasteiger charge is 2.42. The first kappa shape index (κ1) is 24.7. The molecule has 0 saturated carbocycles. The number of furan rings is 1. The molecule has 1 aliphatic rings. The van der Waals surface area contributed by atoms with E-state index < -0.39 is 11.7 Å². The summed E-state index contributed by atoms with van der Waals surface area (Å²) in [4.78, 5) is 0. The third-order valence-electron chi connectivity index (χ3n) is 6.64. The first-order valence-corrected chi connectivity index (χ1v) is 12.0. The number of phenolic OH excluding ortho intramolecular Hbond substituents is 3. The van der Waals surface area contributed by atoms with E-state index >= 15 is 0 Å². The summed E-state index contributed by atoms with van der Waals surface area (Å²) in [5.41, 5.74) is 3.77. The first-order valence-electron chi connectivity index (χ1n) is 12.0. The van der Waals surface area contributed by atoms with Gasteiger partial charge < -0.3 is 29.6 Å². The summed E-state index contributed by atoms with van der Waals surface area (Å²) in [6.07, 6.45) is 5.46. The monoisotopic (exact) mass is 478 g/mol. The predicted molar refractivity (Wildman–Crippen MR) is 137 cm³/mol. The van der Waals surface area contributed by atoms with Gasteiger partial charge in [0.05, 0.1) is 6.10 Å². The molecule has 0 unspecified atom stereocenters. The number of aliphatic hydroxyl groups is 1. The number of allylic oxidation sites excluding steroid dienone is 4. The quantitative estimate of drug-likeness (QED) is 0.301. The highest BCUT2D eigenvalue weighted by molar-refractivity contribution is 5.93. The molecule has 1 aromatic heterocycles. The zero-order chi connectivity index (χ0) is 25.5. The van der Waals surface area contributed by atoms with Gasteiger partial charge in [-0.25, -0.2) is 0 Å². The third kappa shape index (κ3) is 4.89. The van der Waals surface area contributed by atoms with Crippen LogP contribution in [0.25, 0.3) is 22.3 Å². The van der Waals surface area contributed by atoms with Gasteiger partial charge in [0.2, 0.25) is 0 Å². The van der Waals surface area contributed by atoms with Crippen molar-refractivity contribution in [1.82, 2.24) is 0 Å². The molecule has 0 bridgehead atoms. The van der Waals surface area contributed by atoms with Gasteiger partial charge in [-0.2, -0.15) is 0 Å². The molecule has 4 rings (SSSR count).